The normalized spacial score (nSPS) is 11.8. The Morgan fingerprint density at radius 2 is 1.90 bits per heavy atom. The van der Waals surface area contributed by atoms with E-state index in [1.165, 1.54) is 4.57 Å². The summed E-state index contributed by atoms with van der Waals surface area (Å²) in [7, 11) is 0. The van der Waals surface area contributed by atoms with Gasteiger partial charge in [-0.25, -0.2) is 4.57 Å². The van der Waals surface area contributed by atoms with Gasteiger partial charge in [0.15, 0.2) is 0 Å². The molecular formula is C16H20N2O2. The molecule has 2 N–H and O–H groups in total. The fraction of sp³-hybridized carbons (Fsp3) is 0.375. The number of aromatic nitrogens is 1. The van der Waals surface area contributed by atoms with Gasteiger partial charge in [-0.15, -0.1) is 0 Å². The average Bonchev–Trinajstić information content (AvgIpc) is 2.29. The van der Waals surface area contributed by atoms with E-state index in [0.717, 1.165) is 5.39 Å². The topological polar surface area (TPSA) is 65.1 Å². The van der Waals surface area contributed by atoms with Gasteiger partial charge in [-0.05, 0) is 35.9 Å². The molecule has 2 aromatic rings. The Labute approximate surface area is 118 Å². The van der Waals surface area contributed by atoms with Crippen molar-refractivity contribution in [3.05, 3.63) is 40.2 Å². The van der Waals surface area contributed by atoms with Gasteiger partial charge in [-0.3, -0.25) is 9.59 Å². The maximum atomic E-state index is 12.5. The zero-order valence-corrected chi connectivity index (χ0v) is 12.4. The van der Waals surface area contributed by atoms with Crippen molar-refractivity contribution in [2.24, 2.45) is 5.41 Å². The van der Waals surface area contributed by atoms with Crippen LogP contribution in [0.15, 0.2) is 29.1 Å². The molecule has 2 rings (SSSR count). The maximum absolute atomic E-state index is 12.5. The minimum atomic E-state index is -0.266. The average molecular weight is 272 g/mol. The van der Waals surface area contributed by atoms with Crippen LogP contribution >= 0.6 is 0 Å². The zero-order valence-electron chi connectivity index (χ0n) is 12.4. The quantitative estimate of drug-likeness (QED) is 0.812. The van der Waals surface area contributed by atoms with Crippen LogP contribution in [0.25, 0.3) is 10.9 Å². The van der Waals surface area contributed by atoms with Gasteiger partial charge in [0.2, 0.25) is 5.91 Å². The van der Waals surface area contributed by atoms with Gasteiger partial charge in [0.1, 0.15) is 0 Å². The maximum Gasteiger partial charge on any atom is 0.260 e. The summed E-state index contributed by atoms with van der Waals surface area (Å²) in [6.45, 7) is 7.64. The lowest BCUT2D eigenvalue weighted by Crippen LogP contribution is -2.31. The summed E-state index contributed by atoms with van der Waals surface area (Å²) >= 11 is 0. The molecule has 0 bridgehead atoms. The van der Waals surface area contributed by atoms with Gasteiger partial charge >= 0.3 is 0 Å². The molecule has 1 aromatic carbocycles. The molecule has 0 fully saturated rings. The molecule has 0 atom stereocenters. The number of benzene rings is 1. The van der Waals surface area contributed by atoms with Gasteiger partial charge < -0.3 is 5.73 Å². The number of nitrogens with two attached hydrogens (primary N) is 1. The Bertz CT molecular complexity index is 736. The van der Waals surface area contributed by atoms with Gasteiger partial charge in [0.05, 0.1) is 5.52 Å². The van der Waals surface area contributed by atoms with Gasteiger partial charge in [0, 0.05) is 17.7 Å². The monoisotopic (exact) mass is 272 g/mol. The zero-order chi connectivity index (χ0) is 15.1. The SMILES string of the molecule is Cc1cc2ccc(N)cc2n(C(=O)CC(C)(C)C)c1=O. The first-order valence-corrected chi connectivity index (χ1v) is 6.64. The Balaban J connectivity index is 2.73. The third-order valence-corrected chi connectivity index (χ3v) is 3.14. The molecule has 0 saturated heterocycles. The summed E-state index contributed by atoms with van der Waals surface area (Å²) in [4.78, 5) is 24.8. The first kappa shape index (κ1) is 14.3. The molecule has 0 aliphatic rings. The van der Waals surface area contributed by atoms with Crippen LogP contribution < -0.4 is 11.3 Å². The van der Waals surface area contributed by atoms with Crippen LogP contribution in [-0.2, 0) is 0 Å². The molecule has 0 amide bonds. The van der Waals surface area contributed by atoms with E-state index < -0.39 is 0 Å². The Hall–Kier alpha value is -2.10. The first-order chi connectivity index (χ1) is 9.19. The van der Waals surface area contributed by atoms with Crippen LogP contribution in [0.2, 0.25) is 0 Å². The minimum Gasteiger partial charge on any atom is -0.399 e. The predicted octanol–water partition coefficient (Wildman–Crippen LogP) is 2.97. The van der Waals surface area contributed by atoms with Crippen molar-refractivity contribution in [2.45, 2.75) is 34.1 Å². The number of hydrogen-bond donors (Lipinski definition) is 1. The first-order valence-electron chi connectivity index (χ1n) is 6.64. The highest BCUT2D eigenvalue weighted by Gasteiger charge is 2.20. The number of anilines is 1. The second-order valence-electron chi connectivity index (χ2n) is 6.42. The molecule has 0 aliphatic carbocycles. The third-order valence-electron chi connectivity index (χ3n) is 3.14. The summed E-state index contributed by atoms with van der Waals surface area (Å²) in [5.41, 5.74) is 7.02. The number of carbonyl (C=O) groups excluding carboxylic acids is 1. The molecule has 0 radical (unpaired) electrons. The van der Waals surface area contributed by atoms with E-state index >= 15 is 0 Å². The summed E-state index contributed by atoms with van der Waals surface area (Å²) in [6, 6.07) is 7.07. The van der Waals surface area contributed by atoms with E-state index in [0.29, 0.717) is 23.2 Å². The smallest absolute Gasteiger partial charge is 0.260 e. The highest BCUT2D eigenvalue weighted by molar-refractivity contribution is 5.93. The van der Waals surface area contributed by atoms with E-state index in [4.69, 9.17) is 5.73 Å². The Morgan fingerprint density at radius 3 is 2.50 bits per heavy atom. The molecule has 0 aliphatic heterocycles. The molecule has 1 aromatic heterocycles. The molecule has 0 saturated carbocycles. The lowest BCUT2D eigenvalue weighted by Gasteiger charge is -2.19. The molecule has 4 heteroatoms. The van der Waals surface area contributed by atoms with Crippen molar-refractivity contribution in [3.8, 4) is 0 Å². The molecule has 20 heavy (non-hydrogen) atoms. The van der Waals surface area contributed by atoms with E-state index in [-0.39, 0.29) is 16.9 Å². The molecule has 106 valence electrons. The highest BCUT2D eigenvalue weighted by atomic mass is 16.2. The molecule has 0 spiro atoms. The largest absolute Gasteiger partial charge is 0.399 e. The fourth-order valence-corrected chi connectivity index (χ4v) is 2.24. The minimum absolute atomic E-state index is 0.174. The number of rotatable bonds is 1. The number of nitrogen functional groups attached to an aromatic ring is 1. The predicted molar refractivity (Wildman–Crippen MR) is 82.1 cm³/mol. The van der Waals surface area contributed by atoms with Crippen molar-refractivity contribution in [2.75, 3.05) is 5.73 Å². The van der Waals surface area contributed by atoms with Gasteiger partial charge in [0.25, 0.3) is 5.56 Å². The fourth-order valence-electron chi connectivity index (χ4n) is 2.24. The Kier molecular flexibility index (Phi) is 3.42. The summed E-state index contributed by atoms with van der Waals surface area (Å²) in [6.07, 6.45) is 0.306. The number of fused-ring (bicyclic) bond motifs is 1. The van der Waals surface area contributed by atoms with Crippen molar-refractivity contribution in [1.29, 1.82) is 0 Å². The second kappa shape index (κ2) is 4.78. The van der Waals surface area contributed by atoms with E-state index in [1.54, 1.807) is 25.1 Å². The number of carbonyl (C=O) groups is 1. The molecule has 4 nitrogen and oxygen atoms in total. The van der Waals surface area contributed by atoms with Gasteiger partial charge in [-0.1, -0.05) is 26.8 Å². The number of hydrogen-bond acceptors (Lipinski definition) is 3. The van der Waals surface area contributed by atoms with Crippen molar-refractivity contribution in [3.63, 3.8) is 0 Å². The summed E-state index contributed by atoms with van der Waals surface area (Å²) in [5.74, 6) is -0.193. The van der Waals surface area contributed by atoms with Gasteiger partial charge in [-0.2, -0.15) is 0 Å². The van der Waals surface area contributed by atoms with Crippen LogP contribution in [0.1, 0.15) is 37.6 Å². The van der Waals surface area contributed by atoms with Crippen LogP contribution in [0.5, 0.6) is 0 Å². The van der Waals surface area contributed by atoms with E-state index in [9.17, 15) is 9.59 Å². The summed E-state index contributed by atoms with van der Waals surface area (Å²) in [5, 5.41) is 0.846. The van der Waals surface area contributed by atoms with E-state index in [2.05, 4.69) is 0 Å². The number of aryl methyl sites for hydroxylation is 1. The number of nitrogens with zero attached hydrogens (tertiary/aromatic N) is 1. The standard InChI is InChI=1S/C16H20N2O2/c1-10-7-11-5-6-12(17)8-13(11)18(15(10)20)14(19)9-16(2,3)4/h5-8H,9,17H2,1-4H3. The highest BCUT2D eigenvalue weighted by Crippen LogP contribution is 2.22. The molecule has 0 unspecified atom stereocenters. The van der Waals surface area contributed by atoms with Crippen LogP contribution in [0.4, 0.5) is 5.69 Å². The van der Waals surface area contributed by atoms with Crippen LogP contribution in [0.3, 0.4) is 0 Å². The van der Waals surface area contributed by atoms with Crippen LogP contribution in [0, 0.1) is 12.3 Å². The Morgan fingerprint density at radius 1 is 1.25 bits per heavy atom. The summed E-state index contributed by atoms with van der Waals surface area (Å²) < 4.78 is 1.26. The second-order valence-corrected chi connectivity index (χ2v) is 6.42. The van der Waals surface area contributed by atoms with Crippen molar-refractivity contribution >= 4 is 22.5 Å². The molecular weight excluding hydrogens is 252 g/mol. The number of pyridine rings is 1. The lowest BCUT2D eigenvalue weighted by molar-refractivity contribution is 0.0858. The van der Waals surface area contributed by atoms with Crippen molar-refractivity contribution < 1.29 is 4.79 Å². The molecule has 1 heterocycles. The van der Waals surface area contributed by atoms with Crippen LogP contribution in [-0.4, -0.2) is 10.5 Å². The third kappa shape index (κ3) is 2.74. The lowest BCUT2D eigenvalue weighted by atomic mass is 9.92. The van der Waals surface area contributed by atoms with E-state index in [1.807, 2.05) is 26.8 Å². The van der Waals surface area contributed by atoms with Crippen molar-refractivity contribution in [1.82, 2.24) is 4.57 Å².